The van der Waals surface area contributed by atoms with Crippen molar-refractivity contribution in [3.8, 4) is 0 Å². The molecule has 2 amide bonds. The molecule has 2 fully saturated rings. The van der Waals surface area contributed by atoms with Gasteiger partial charge in [0, 0.05) is 29.2 Å². The fourth-order valence-electron chi connectivity index (χ4n) is 5.78. The van der Waals surface area contributed by atoms with Gasteiger partial charge < -0.3 is 16.0 Å². The van der Waals surface area contributed by atoms with Crippen LogP contribution in [-0.2, 0) is 25.8 Å². The normalized spacial score (nSPS) is 23.8. The number of benzene rings is 1. The number of nitrogens with one attached hydrogen (secondary N) is 1. The zero-order chi connectivity index (χ0) is 23.6. The monoisotopic (exact) mass is 473 g/mol. The summed E-state index contributed by atoms with van der Waals surface area (Å²) in [4.78, 5) is 29.1. The van der Waals surface area contributed by atoms with Crippen molar-refractivity contribution in [2.24, 2.45) is 11.7 Å². The minimum absolute atomic E-state index is 0.00524. The molecule has 0 bridgehead atoms. The molecule has 1 saturated carbocycles. The number of nitrogens with two attached hydrogens (primary N) is 1. The topological polar surface area (TPSA) is 92.5 Å². The van der Waals surface area contributed by atoms with E-state index in [4.69, 9.17) is 5.73 Å². The number of rotatable bonds is 6. The van der Waals surface area contributed by atoms with E-state index < -0.39 is 22.4 Å². The third kappa shape index (κ3) is 5.35. The van der Waals surface area contributed by atoms with E-state index in [0.29, 0.717) is 31.2 Å². The van der Waals surface area contributed by atoms with Crippen molar-refractivity contribution < 1.29 is 13.8 Å². The minimum atomic E-state index is -1.02. The van der Waals surface area contributed by atoms with Crippen molar-refractivity contribution >= 4 is 22.6 Å². The number of hydrogen-bond acceptors (Lipinski definition) is 4. The lowest BCUT2D eigenvalue weighted by molar-refractivity contribution is -0.139. The molecule has 1 unspecified atom stereocenters. The van der Waals surface area contributed by atoms with Crippen LogP contribution in [0.25, 0.3) is 0 Å². The number of amides is 2. The smallest absolute Gasteiger partial charge is 0.245 e. The molecular weight excluding hydrogens is 434 g/mol. The Balaban J connectivity index is 1.42. The van der Waals surface area contributed by atoms with Crippen LogP contribution in [0.3, 0.4) is 0 Å². The molecule has 2 aliphatic heterocycles. The summed E-state index contributed by atoms with van der Waals surface area (Å²) >= 11 is 0. The molecule has 0 aromatic heterocycles. The molecule has 2 heterocycles. The number of piperidine rings is 1. The van der Waals surface area contributed by atoms with Gasteiger partial charge in [-0.05, 0) is 57.1 Å². The number of fused-ring (bicyclic) bond motifs is 2. The summed E-state index contributed by atoms with van der Waals surface area (Å²) in [6.45, 7) is 4.61. The van der Waals surface area contributed by atoms with Gasteiger partial charge in [0.25, 0.3) is 0 Å². The van der Waals surface area contributed by atoms with Crippen LogP contribution in [-0.4, -0.2) is 51.3 Å². The molecule has 1 spiro atoms. The molecule has 7 heteroatoms. The number of nitrogens with zero attached hydrogens (tertiary/aromatic N) is 1. The first-order valence-electron chi connectivity index (χ1n) is 12.6. The van der Waals surface area contributed by atoms with E-state index in [1.54, 1.807) is 13.8 Å². The van der Waals surface area contributed by atoms with E-state index in [1.807, 2.05) is 23.1 Å². The average molecular weight is 474 g/mol. The van der Waals surface area contributed by atoms with Gasteiger partial charge in [-0.25, -0.2) is 0 Å². The molecule has 1 saturated heterocycles. The summed E-state index contributed by atoms with van der Waals surface area (Å²) in [6.07, 6.45) is 9.54. The van der Waals surface area contributed by atoms with E-state index in [-0.39, 0.29) is 17.2 Å². The first kappa shape index (κ1) is 24.4. The zero-order valence-corrected chi connectivity index (χ0v) is 20.9. The zero-order valence-electron chi connectivity index (χ0n) is 20.1. The molecule has 2 atom stereocenters. The van der Waals surface area contributed by atoms with Crippen molar-refractivity contribution in [3.05, 3.63) is 29.8 Å². The summed E-state index contributed by atoms with van der Waals surface area (Å²) in [5, 5.41) is 2.97. The lowest BCUT2D eigenvalue weighted by Gasteiger charge is -2.41. The highest BCUT2D eigenvalue weighted by Gasteiger charge is 2.45. The highest BCUT2D eigenvalue weighted by atomic mass is 32.2. The first-order chi connectivity index (χ1) is 15.7. The number of likely N-dealkylation sites (tertiary alicyclic amines) is 1. The van der Waals surface area contributed by atoms with E-state index in [0.717, 1.165) is 24.2 Å². The minimum Gasteiger partial charge on any atom is -0.343 e. The largest absolute Gasteiger partial charge is 0.343 e. The fourth-order valence-corrected chi connectivity index (χ4v) is 7.64. The third-order valence-electron chi connectivity index (χ3n) is 7.92. The van der Waals surface area contributed by atoms with E-state index in [9.17, 15) is 13.8 Å². The predicted molar refractivity (Wildman–Crippen MR) is 131 cm³/mol. The number of carbonyl (C=O) groups is 2. The Bertz CT molecular complexity index is 896. The molecule has 3 N–H and O–H groups in total. The Morgan fingerprint density at radius 3 is 2.52 bits per heavy atom. The van der Waals surface area contributed by atoms with Crippen LogP contribution in [0, 0.1) is 5.92 Å². The Labute approximate surface area is 200 Å². The van der Waals surface area contributed by atoms with E-state index >= 15 is 0 Å². The SMILES string of the molecule is CC(C)(N)C(=O)N[C@H](CCC1CCCCC1)C(=O)N1CCC2(CC1)CS(=O)c1ccccc12. The molecule has 0 radical (unpaired) electrons. The summed E-state index contributed by atoms with van der Waals surface area (Å²) in [5.74, 6) is 1.02. The lowest BCUT2D eigenvalue weighted by atomic mass is 9.74. The van der Waals surface area contributed by atoms with Crippen molar-refractivity contribution in [1.29, 1.82) is 0 Å². The predicted octanol–water partition coefficient (Wildman–Crippen LogP) is 3.25. The molecule has 182 valence electrons. The molecule has 1 aromatic carbocycles. The Kier molecular flexibility index (Phi) is 7.29. The summed E-state index contributed by atoms with van der Waals surface area (Å²) in [6, 6.07) is 7.53. The molecule has 4 rings (SSSR count). The van der Waals surface area contributed by atoms with Crippen LogP contribution in [0.5, 0.6) is 0 Å². The second-order valence-corrected chi connectivity index (χ2v) is 12.3. The van der Waals surface area contributed by atoms with Crippen molar-refractivity contribution in [3.63, 3.8) is 0 Å². The molecule has 1 aromatic rings. The maximum absolute atomic E-state index is 13.6. The van der Waals surface area contributed by atoms with Gasteiger partial charge in [0.1, 0.15) is 6.04 Å². The van der Waals surface area contributed by atoms with Crippen molar-refractivity contribution in [2.45, 2.75) is 93.5 Å². The van der Waals surface area contributed by atoms with Crippen molar-refractivity contribution in [2.75, 3.05) is 18.8 Å². The quantitative estimate of drug-likeness (QED) is 0.663. The van der Waals surface area contributed by atoms with Crippen molar-refractivity contribution in [1.82, 2.24) is 10.2 Å². The van der Waals surface area contributed by atoms with E-state index in [2.05, 4.69) is 11.4 Å². The highest BCUT2D eigenvalue weighted by Crippen LogP contribution is 2.44. The second kappa shape index (κ2) is 9.87. The maximum atomic E-state index is 13.6. The summed E-state index contributed by atoms with van der Waals surface area (Å²) < 4.78 is 12.7. The average Bonchev–Trinajstić information content (AvgIpc) is 3.08. The van der Waals surface area contributed by atoms with Crippen LogP contribution in [0.2, 0.25) is 0 Å². The lowest BCUT2D eigenvalue weighted by Crippen LogP contribution is -2.58. The maximum Gasteiger partial charge on any atom is 0.245 e. The third-order valence-corrected chi connectivity index (χ3v) is 9.58. The Hall–Kier alpha value is -1.73. The first-order valence-corrected chi connectivity index (χ1v) is 13.9. The molecule has 1 aliphatic carbocycles. The van der Waals surface area contributed by atoms with Gasteiger partial charge in [0.2, 0.25) is 11.8 Å². The second-order valence-electron chi connectivity index (χ2n) is 10.9. The van der Waals surface area contributed by atoms with Gasteiger partial charge in [-0.3, -0.25) is 13.8 Å². The van der Waals surface area contributed by atoms with Gasteiger partial charge in [0.05, 0.1) is 16.3 Å². The number of carbonyl (C=O) groups excluding carboxylic acids is 2. The van der Waals surface area contributed by atoms with Gasteiger partial charge in [-0.15, -0.1) is 0 Å². The summed E-state index contributed by atoms with van der Waals surface area (Å²) in [7, 11) is -0.964. The molecular formula is C26H39N3O3S. The van der Waals surface area contributed by atoms with Crippen LogP contribution in [0.15, 0.2) is 29.2 Å². The van der Waals surface area contributed by atoms with Gasteiger partial charge in [-0.1, -0.05) is 50.3 Å². The standard InChI is InChI=1S/C26H39N3O3S/c1-25(2,27)24(31)28-21(13-12-19-8-4-3-5-9-19)23(30)29-16-14-26(15-17-29)18-33(32)22-11-7-6-10-20(22)26/h6-7,10-11,19,21H,3-5,8-9,12-18,27H2,1-2H3,(H,28,31)/t21-,33?/m1/s1. The van der Waals surface area contributed by atoms with Gasteiger partial charge in [-0.2, -0.15) is 0 Å². The summed E-state index contributed by atoms with van der Waals surface area (Å²) in [5.41, 5.74) is 6.09. The highest BCUT2D eigenvalue weighted by molar-refractivity contribution is 7.85. The van der Waals surface area contributed by atoms with Crippen LogP contribution in [0.1, 0.15) is 77.2 Å². The van der Waals surface area contributed by atoms with Crippen LogP contribution in [0.4, 0.5) is 0 Å². The number of hydrogen-bond donors (Lipinski definition) is 2. The van der Waals surface area contributed by atoms with Crippen LogP contribution >= 0.6 is 0 Å². The Morgan fingerprint density at radius 2 is 1.85 bits per heavy atom. The van der Waals surface area contributed by atoms with Crippen LogP contribution < -0.4 is 11.1 Å². The van der Waals surface area contributed by atoms with Gasteiger partial charge >= 0.3 is 0 Å². The van der Waals surface area contributed by atoms with Gasteiger partial charge in [0.15, 0.2) is 0 Å². The Morgan fingerprint density at radius 1 is 1.18 bits per heavy atom. The molecule has 3 aliphatic rings. The fraction of sp³-hybridized carbons (Fsp3) is 0.692. The molecule has 6 nitrogen and oxygen atoms in total. The molecule has 33 heavy (non-hydrogen) atoms. The van der Waals surface area contributed by atoms with E-state index in [1.165, 1.54) is 37.7 Å².